The molecule has 0 spiro atoms. The Morgan fingerprint density at radius 1 is 1.04 bits per heavy atom. The van der Waals surface area contributed by atoms with Gasteiger partial charge in [0.2, 0.25) is 0 Å². The molecule has 1 unspecified atom stereocenters. The van der Waals surface area contributed by atoms with Crippen LogP contribution in [0.1, 0.15) is 12.0 Å². The topological polar surface area (TPSA) is 92.3 Å². The van der Waals surface area contributed by atoms with Gasteiger partial charge in [-0.3, -0.25) is 4.72 Å². The number of anilines is 2. The van der Waals surface area contributed by atoms with Crippen LogP contribution in [-0.4, -0.2) is 34.4 Å². The van der Waals surface area contributed by atoms with Crippen LogP contribution >= 0.6 is 0 Å². The number of sulfonamides is 1. The summed E-state index contributed by atoms with van der Waals surface area (Å²) in [6, 6.07) is 13.4. The Hall–Kier alpha value is -2.06. The minimum Gasteiger partial charge on any atom is -0.381 e. The fourth-order valence-corrected chi connectivity index (χ4v) is 5.61. The van der Waals surface area contributed by atoms with Crippen LogP contribution in [0.4, 0.5) is 11.4 Å². The maximum atomic E-state index is 12.4. The zero-order valence-corrected chi connectivity index (χ0v) is 15.4. The predicted molar refractivity (Wildman–Crippen MR) is 99.1 cm³/mol. The van der Waals surface area contributed by atoms with Crippen molar-refractivity contribution >= 4 is 31.2 Å². The van der Waals surface area contributed by atoms with Crippen molar-refractivity contribution in [2.45, 2.75) is 24.3 Å². The lowest BCUT2D eigenvalue weighted by Gasteiger charge is -2.13. The molecule has 2 aromatic rings. The number of rotatable bonds is 5. The molecule has 1 atom stereocenters. The van der Waals surface area contributed by atoms with Gasteiger partial charge in [0.15, 0.2) is 9.84 Å². The number of sulfone groups is 1. The summed E-state index contributed by atoms with van der Waals surface area (Å²) in [6.45, 7) is 1.84. The van der Waals surface area contributed by atoms with E-state index in [0.29, 0.717) is 12.1 Å². The quantitative estimate of drug-likeness (QED) is 0.831. The van der Waals surface area contributed by atoms with E-state index in [1.807, 2.05) is 13.0 Å². The molecule has 0 aromatic heterocycles. The maximum absolute atomic E-state index is 12.4. The zero-order valence-electron chi connectivity index (χ0n) is 13.8. The van der Waals surface area contributed by atoms with E-state index >= 15 is 0 Å². The lowest BCUT2D eigenvalue weighted by Crippen LogP contribution is -2.20. The first-order chi connectivity index (χ1) is 11.7. The van der Waals surface area contributed by atoms with E-state index in [4.69, 9.17) is 0 Å². The highest BCUT2D eigenvalue weighted by atomic mass is 32.2. The normalized spacial score (nSPS) is 19.5. The molecule has 1 aliphatic rings. The second-order valence-corrected chi connectivity index (χ2v) is 10.2. The number of aryl methyl sites for hydroxylation is 1. The summed E-state index contributed by atoms with van der Waals surface area (Å²) in [4.78, 5) is 0.214. The molecule has 0 saturated carbocycles. The molecule has 1 saturated heterocycles. The van der Waals surface area contributed by atoms with Gasteiger partial charge < -0.3 is 5.32 Å². The Balaban J connectivity index is 1.68. The average molecular weight is 380 g/mol. The van der Waals surface area contributed by atoms with Crippen molar-refractivity contribution in [3.63, 3.8) is 0 Å². The van der Waals surface area contributed by atoms with E-state index < -0.39 is 19.9 Å². The molecule has 6 nitrogen and oxygen atoms in total. The lowest BCUT2D eigenvalue weighted by atomic mass is 10.2. The van der Waals surface area contributed by atoms with Crippen molar-refractivity contribution < 1.29 is 16.8 Å². The smallest absolute Gasteiger partial charge is 0.261 e. The molecule has 0 radical (unpaired) electrons. The standard InChI is InChI=1S/C17H20N2O4S2/c1-13-3-2-4-17(11-13)25(22,23)19-15-7-5-14(6-8-15)18-16-9-10-24(20,21)12-16/h2-8,11,16,18-19H,9-10,12H2,1H3. The van der Waals surface area contributed by atoms with Crippen molar-refractivity contribution in [2.75, 3.05) is 21.5 Å². The molecule has 1 fully saturated rings. The summed E-state index contributed by atoms with van der Waals surface area (Å²) in [5.74, 6) is 0.341. The van der Waals surface area contributed by atoms with Crippen LogP contribution in [0.5, 0.6) is 0 Å². The number of nitrogens with one attached hydrogen (secondary N) is 2. The summed E-state index contributed by atoms with van der Waals surface area (Å²) in [5.41, 5.74) is 2.08. The van der Waals surface area contributed by atoms with E-state index in [1.165, 1.54) is 0 Å². The molecule has 2 aromatic carbocycles. The molecule has 8 heteroatoms. The van der Waals surface area contributed by atoms with Crippen molar-refractivity contribution in [1.82, 2.24) is 0 Å². The summed E-state index contributed by atoms with van der Waals surface area (Å²) in [6.07, 6.45) is 0.587. The second kappa shape index (κ2) is 6.68. The maximum Gasteiger partial charge on any atom is 0.261 e. The third-order valence-electron chi connectivity index (χ3n) is 4.04. The zero-order chi connectivity index (χ0) is 18.1. The Morgan fingerprint density at radius 2 is 1.72 bits per heavy atom. The van der Waals surface area contributed by atoms with Gasteiger partial charge in [0.05, 0.1) is 16.4 Å². The van der Waals surface area contributed by atoms with Gasteiger partial charge in [0.1, 0.15) is 0 Å². The minimum atomic E-state index is -3.64. The Kier molecular flexibility index (Phi) is 4.75. The van der Waals surface area contributed by atoms with Crippen LogP contribution in [0.15, 0.2) is 53.4 Å². The van der Waals surface area contributed by atoms with Gasteiger partial charge in [-0.05, 0) is 55.3 Å². The average Bonchev–Trinajstić information content (AvgIpc) is 2.88. The van der Waals surface area contributed by atoms with Gasteiger partial charge >= 0.3 is 0 Å². The first kappa shape index (κ1) is 17.8. The Bertz CT molecular complexity index is 968. The molecular weight excluding hydrogens is 360 g/mol. The number of hydrogen-bond acceptors (Lipinski definition) is 5. The molecule has 0 amide bonds. The van der Waals surface area contributed by atoms with Gasteiger partial charge in [0.25, 0.3) is 10.0 Å². The summed E-state index contributed by atoms with van der Waals surface area (Å²) >= 11 is 0. The van der Waals surface area contributed by atoms with Gasteiger partial charge in [-0.25, -0.2) is 16.8 Å². The molecule has 134 valence electrons. The molecule has 0 bridgehead atoms. The molecule has 25 heavy (non-hydrogen) atoms. The van der Waals surface area contributed by atoms with E-state index in [0.717, 1.165) is 11.3 Å². The van der Waals surface area contributed by atoms with Crippen molar-refractivity contribution in [1.29, 1.82) is 0 Å². The van der Waals surface area contributed by atoms with E-state index in [-0.39, 0.29) is 22.4 Å². The highest BCUT2D eigenvalue weighted by molar-refractivity contribution is 7.92. The Morgan fingerprint density at radius 3 is 2.32 bits per heavy atom. The van der Waals surface area contributed by atoms with Crippen LogP contribution in [0, 0.1) is 6.92 Å². The molecule has 0 aliphatic carbocycles. The SMILES string of the molecule is Cc1cccc(S(=O)(=O)Nc2ccc(NC3CCS(=O)(=O)C3)cc2)c1. The molecule has 3 rings (SSSR count). The van der Waals surface area contributed by atoms with E-state index in [1.54, 1.807) is 42.5 Å². The highest BCUT2D eigenvalue weighted by Crippen LogP contribution is 2.21. The highest BCUT2D eigenvalue weighted by Gasteiger charge is 2.27. The van der Waals surface area contributed by atoms with Gasteiger partial charge in [-0.2, -0.15) is 0 Å². The summed E-state index contributed by atoms with van der Waals surface area (Å²) < 4.78 is 50.3. The largest absolute Gasteiger partial charge is 0.381 e. The third-order valence-corrected chi connectivity index (χ3v) is 7.19. The Labute approximate surface area is 148 Å². The van der Waals surface area contributed by atoms with Crippen LogP contribution in [-0.2, 0) is 19.9 Å². The first-order valence-corrected chi connectivity index (χ1v) is 11.2. The fourth-order valence-electron chi connectivity index (χ4n) is 2.78. The van der Waals surface area contributed by atoms with Gasteiger partial charge in [-0.15, -0.1) is 0 Å². The molecule has 1 aliphatic heterocycles. The van der Waals surface area contributed by atoms with Crippen molar-refractivity contribution in [3.05, 3.63) is 54.1 Å². The van der Waals surface area contributed by atoms with Gasteiger partial charge in [-0.1, -0.05) is 12.1 Å². The minimum absolute atomic E-state index is 0.0974. The van der Waals surface area contributed by atoms with Crippen LogP contribution in [0.2, 0.25) is 0 Å². The van der Waals surface area contributed by atoms with Crippen molar-refractivity contribution in [3.8, 4) is 0 Å². The lowest BCUT2D eigenvalue weighted by molar-refractivity contribution is 0.599. The molecular formula is C17H20N2O4S2. The van der Waals surface area contributed by atoms with Crippen LogP contribution < -0.4 is 10.0 Å². The van der Waals surface area contributed by atoms with Crippen LogP contribution in [0.3, 0.4) is 0 Å². The summed E-state index contributed by atoms with van der Waals surface area (Å²) in [5, 5.41) is 3.17. The third kappa shape index (κ3) is 4.52. The first-order valence-electron chi connectivity index (χ1n) is 7.90. The number of hydrogen-bond donors (Lipinski definition) is 2. The van der Waals surface area contributed by atoms with Gasteiger partial charge in [0, 0.05) is 17.4 Å². The predicted octanol–water partition coefficient (Wildman–Crippen LogP) is 2.39. The van der Waals surface area contributed by atoms with Crippen LogP contribution in [0.25, 0.3) is 0 Å². The van der Waals surface area contributed by atoms with E-state index in [9.17, 15) is 16.8 Å². The number of benzene rings is 2. The monoisotopic (exact) mass is 380 g/mol. The molecule has 1 heterocycles. The van der Waals surface area contributed by atoms with Crippen molar-refractivity contribution in [2.24, 2.45) is 0 Å². The second-order valence-electron chi connectivity index (χ2n) is 6.24. The van der Waals surface area contributed by atoms with E-state index in [2.05, 4.69) is 10.0 Å². The molecule has 2 N–H and O–H groups in total. The summed E-state index contributed by atoms with van der Waals surface area (Å²) in [7, 11) is -6.57. The fraction of sp³-hybridized carbons (Fsp3) is 0.294.